The maximum absolute atomic E-state index is 12.7. The van der Waals surface area contributed by atoms with E-state index in [2.05, 4.69) is 40.0 Å². The molecule has 5 rings (SSSR count). The summed E-state index contributed by atoms with van der Waals surface area (Å²) in [5.74, 6) is -1.80. The number of nitrogens with one attached hydrogen (secondary N) is 2. The maximum atomic E-state index is 12.7. The van der Waals surface area contributed by atoms with E-state index >= 15 is 0 Å². The predicted molar refractivity (Wildman–Crippen MR) is 128 cm³/mol. The van der Waals surface area contributed by atoms with E-state index in [1.165, 1.54) is 29.1 Å². The molecule has 3 N–H and O–H groups in total. The van der Waals surface area contributed by atoms with Gasteiger partial charge in [-0.2, -0.15) is 5.10 Å². The summed E-state index contributed by atoms with van der Waals surface area (Å²) in [7, 11) is 1.50. The number of benzene rings is 2. The highest BCUT2D eigenvalue weighted by Gasteiger charge is 2.33. The van der Waals surface area contributed by atoms with Gasteiger partial charge in [0.25, 0.3) is 0 Å². The second-order valence-electron chi connectivity index (χ2n) is 9.00. The highest BCUT2D eigenvalue weighted by Crippen LogP contribution is 2.44. The average molecular weight is 475 g/mol. The fourth-order valence-electron chi connectivity index (χ4n) is 5.17. The van der Waals surface area contributed by atoms with Crippen LogP contribution in [0.1, 0.15) is 46.8 Å². The lowest BCUT2D eigenvalue weighted by atomic mass is 9.98. The highest BCUT2D eigenvalue weighted by atomic mass is 16.5. The van der Waals surface area contributed by atoms with Crippen LogP contribution in [0, 0.1) is 5.92 Å². The first-order chi connectivity index (χ1) is 16.9. The molecule has 1 heterocycles. The first-order valence-corrected chi connectivity index (χ1v) is 11.6. The van der Waals surface area contributed by atoms with Crippen molar-refractivity contribution in [1.29, 1.82) is 0 Å². The monoisotopic (exact) mass is 474 g/mol. The summed E-state index contributed by atoms with van der Waals surface area (Å²) in [5, 5.41) is 18.8. The van der Waals surface area contributed by atoms with Crippen molar-refractivity contribution in [1.82, 2.24) is 15.1 Å². The van der Waals surface area contributed by atoms with Crippen molar-refractivity contribution in [2.75, 3.05) is 11.9 Å². The molecular formula is C26H26N4O5. The molecule has 2 aliphatic carbocycles. The van der Waals surface area contributed by atoms with Gasteiger partial charge in [0.1, 0.15) is 6.61 Å². The first-order valence-electron chi connectivity index (χ1n) is 11.6. The fraction of sp³-hybridized carbons (Fsp3) is 0.308. The smallest absolute Gasteiger partial charge is 0.407 e. The first kappa shape index (κ1) is 22.6. The van der Waals surface area contributed by atoms with Crippen molar-refractivity contribution in [2.45, 2.75) is 31.2 Å². The van der Waals surface area contributed by atoms with E-state index in [1.54, 1.807) is 0 Å². The van der Waals surface area contributed by atoms with Gasteiger partial charge in [-0.25, -0.2) is 9.59 Å². The Morgan fingerprint density at radius 2 is 1.71 bits per heavy atom. The van der Waals surface area contributed by atoms with Gasteiger partial charge in [0.2, 0.25) is 5.91 Å². The van der Waals surface area contributed by atoms with Crippen LogP contribution in [0.5, 0.6) is 0 Å². The second-order valence-corrected chi connectivity index (χ2v) is 9.00. The third-order valence-electron chi connectivity index (χ3n) is 6.87. The van der Waals surface area contributed by atoms with Crippen LogP contribution in [0.4, 0.5) is 10.5 Å². The number of hydrogen-bond donors (Lipinski definition) is 3. The van der Waals surface area contributed by atoms with Gasteiger partial charge in [0.05, 0.1) is 11.9 Å². The van der Waals surface area contributed by atoms with Gasteiger partial charge in [-0.15, -0.1) is 0 Å². The van der Waals surface area contributed by atoms with Crippen LogP contribution in [-0.4, -0.2) is 45.5 Å². The molecule has 0 bridgehead atoms. The second kappa shape index (κ2) is 9.25. The SMILES string of the molecule is Cn1ncc(NC(=O)C2CCC(NC(=O)OCC3c4ccccc4-c4ccccc43)C2)c1C(=O)O. The van der Waals surface area contributed by atoms with Crippen molar-refractivity contribution in [3.05, 3.63) is 71.5 Å². The van der Waals surface area contributed by atoms with E-state index < -0.39 is 12.1 Å². The number of amides is 2. The molecule has 2 amide bonds. The Kier molecular flexibility index (Phi) is 5.98. The van der Waals surface area contributed by atoms with Crippen LogP contribution >= 0.6 is 0 Å². The summed E-state index contributed by atoms with van der Waals surface area (Å²) >= 11 is 0. The normalized spacial score (nSPS) is 18.5. The Balaban J connectivity index is 1.15. The van der Waals surface area contributed by atoms with Crippen LogP contribution in [0.15, 0.2) is 54.7 Å². The molecule has 0 aliphatic heterocycles. The Morgan fingerprint density at radius 1 is 1.06 bits per heavy atom. The molecule has 1 fully saturated rings. The van der Waals surface area contributed by atoms with Crippen LogP contribution in [0.25, 0.3) is 11.1 Å². The van der Waals surface area contributed by atoms with Crippen LogP contribution in [0.3, 0.4) is 0 Å². The van der Waals surface area contributed by atoms with Crippen LogP contribution in [-0.2, 0) is 16.6 Å². The minimum Gasteiger partial charge on any atom is -0.476 e. The topological polar surface area (TPSA) is 123 Å². The molecule has 9 nitrogen and oxygen atoms in total. The summed E-state index contributed by atoms with van der Waals surface area (Å²) in [6.07, 6.45) is 2.50. The number of alkyl carbamates (subject to hydrolysis) is 1. The Hall–Kier alpha value is -4.14. The lowest BCUT2D eigenvalue weighted by Gasteiger charge is -2.17. The zero-order valence-electron chi connectivity index (χ0n) is 19.2. The third-order valence-corrected chi connectivity index (χ3v) is 6.87. The molecule has 0 spiro atoms. The number of ether oxygens (including phenoxy) is 1. The van der Waals surface area contributed by atoms with E-state index in [0.717, 1.165) is 11.1 Å². The van der Waals surface area contributed by atoms with E-state index in [1.807, 2.05) is 24.3 Å². The number of carboxylic acid groups (broad SMARTS) is 1. The standard InChI is InChI=1S/C26H26N4O5/c1-30-23(25(32)33)22(13-27-30)29-24(31)15-10-11-16(12-15)28-26(34)35-14-21-19-8-4-2-6-17(19)18-7-3-5-9-20(18)21/h2-9,13,15-16,21H,10-12,14H2,1H3,(H,28,34)(H,29,31)(H,32,33). The van der Waals surface area contributed by atoms with Gasteiger partial charge in [-0.1, -0.05) is 48.5 Å². The average Bonchev–Trinajstić information content (AvgIpc) is 3.54. The quantitative estimate of drug-likeness (QED) is 0.500. The lowest BCUT2D eigenvalue weighted by Crippen LogP contribution is -2.35. The molecule has 2 unspecified atom stereocenters. The Labute approximate surface area is 202 Å². The van der Waals surface area contributed by atoms with E-state index in [-0.39, 0.29) is 41.8 Å². The van der Waals surface area contributed by atoms with Gasteiger partial charge in [-0.05, 0) is 41.5 Å². The molecule has 3 aromatic rings. The number of carbonyl (C=O) groups excluding carboxylic acids is 2. The predicted octanol–water partition coefficient (Wildman–Crippen LogP) is 3.76. The summed E-state index contributed by atoms with van der Waals surface area (Å²) in [6.45, 7) is 0.232. The van der Waals surface area contributed by atoms with Crippen molar-refractivity contribution in [3.8, 4) is 11.1 Å². The molecule has 0 radical (unpaired) electrons. The number of anilines is 1. The van der Waals surface area contributed by atoms with Crippen molar-refractivity contribution in [3.63, 3.8) is 0 Å². The molecule has 180 valence electrons. The number of hydrogen-bond acceptors (Lipinski definition) is 5. The molecule has 2 aromatic carbocycles. The minimum atomic E-state index is -1.17. The van der Waals surface area contributed by atoms with Crippen molar-refractivity contribution in [2.24, 2.45) is 13.0 Å². The number of aryl methyl sites for hydroxylation is 1. The number of rotatable bonds is 6. The number of aromatic nitrogens is 2. The molecular weight excluding hydrogens is 448 g/mol. The maximum Gasteiger partial charge on any atom is 0.407 e. The summed E-state index contributed by atoms with van der Waals surface area (Å²) in [4.78, 5) is 36.6. The van der Waals surface area contributed by atoms with Gasteiger partial charge < -0.3 is 20.5 Å². The zero-order chi connectivity index (χ0) is 24.5. The van der Waals surface area contributed by atoms with Gasteiger partial charge >= 0.3 is 12.1 Å². The van der Waals surface area contributed by atoms with E-state index in [9.17, 15) is 19.5 Å². The molecule has 2 atom stereocenters. The fourth-order valence-corrected chi connectivity index (χ4v) is 5.17. The molecule has 1 saturated carbocycles. The third kappa shape index (κ3) is 4.37. The van der Waals surface area contributed by atoms with E-state index in [0.29, 0.717) is 19.3 Å². The van der Waals surface area contributed by atoms with E-state index in [4.69, 9.17) is 4.74 Å². The minimum absolute atomic E-state index is 0.0156. The lowest BCUT2D eigenvalue weighted by molar-refractivity contribution is -0.119. The van der Waals surface area contributed by atoms with Crippen LogP contribution in [0.2, 0.25) is 0 Å². The van der Waals surface area contributed by atoms with Crippen LogP contribution < -0.4 is 10.6 Å². The van der Waals surface area contributed by atoms with Gasteiger partial charge in [0, 0.05) is 24.9 Å². The largest absolute Gasteiger partial charge is 0.476 e. The molecule has 0 saturated heterocycles. The summed E-state index contributed by atoms with van der Waals surface area (Å²) in [5.41, 5.74) is 4.72. The number of carbonyl (C=O) groups is 3. The molecule has 1 aromatic heterocycles. The number of carboxylic acids is 1. The summed E-state index contributed by atoms with van der Waals surface area (Å²) in [6, 6.07) is 16.1. The highest BCUT2D eigenvalue weighted by molar-refractivity contribution is 6.00. The molecule has 2 aliphatic rings. The van der Waals surface area contributed by atoms with Gasteiger partial charge in [-0.3, -0.25) is 9.48 Å². The van der Waals surface area contributed by atoms with Crippen molar-refractivity contribution >= 4 is 23.7 Å². The zero-order valence-corrected chi connectivity index (χ0v) is 19.2. The summed E-state index contributed by atoms with van der Waals surface area (Å²) < 4.78 is 6.81. The molecule has 9 heteroatoms. The van der Waals surface area contributed by atoms with Gasteiger partial charge in [0.15, 0.2) is 5.69 Å². The van der Waals surface area contributed by atoms with Crippen molar-refractivity contribution < 1.29 is 24.2 Å². The number of nitrogens with zero attached hydrogens (tertiary/aromatic N) is 2. The molecule has 35 heavy (non-hydrogen) atoms. The Morgan fingerprint density at radius 3 is 2.37 bits per heavy atom. The Bertz CT molecular complexity index is 1250. The number of aromatic carboxylic acids is 1. The number of fused-ring (bicyclic) bond motifs is 3.